The van der Waals surface area contributed by atoms with Gasteiger partial charge in [0.15, 0.2) is 0 Å². The van der Waals surface area contributed by atoms with Crippen molar-refractivity contribution in [3.63, 3.8) is 0 Å². The zero-order chi connectivity index (χ0) is 23.8. The van der Waals surface area contributed by atoms with Gasteiger partial charge in [-0.25, -0.2) is 18.5 Å². The molecule has 33 heavy (non-hydrogen) atoms. The summed E-state index contributed by atoms with van der Waals surface area (Å²) in [6.45, 7) is 1.77. The van der Waals surface area contributed by atoms with Gasteiger partial charge < -0.3 is 0 Å². The number of rotatable bonds is 4. The van der Waals surface area contributed by atoms with Crippen LogP contribution in [0.25, 0.3) is 33.8 Å². The summed E-state index contributed by atoms with van der Waals surface area (Å²) in [5.74, 6) is 0. The Morgan fingerprint density at radius 3 is 2.18 bits per heavy atom. The second kappa shape index (κ2) is 8.38. The van der Waals surface area contributed by atoms with Crippen molar-refractivity contribution in [1.29, 1.82) is 0 Å². The minimum absolute atomic E-state index is 0.0297. The topological polar surface area (TPSA) is 98.8 Å². The monoisotopic (exact) mass is 470 g/mol. The minimum Gasteiger partial charge on any atom is -0.251 e. The van der Waals surface area contributed by atoms with Crippen molar-refractivity contribution in [2.24, 2.45) is 5.14 Å². The zero-order valence-corrected chi connectivity index (χ0v) is 18.0. The molecule has 0 spiro atoms. The first-order chi connectivity index (χ1) is 15.5. The van der Waals surface area contributed by atoms with E-state index in [9.17, 15) is 21.6 Å². The van der Waals surface area contributed by atoms with Crippen molar-refractivity contribution >= 4 is 10.0 Å². The largest absolute Gasteiger partial charge is 0.433 e. The molecule has 3 heterocycles. The predicted octanol–water partition coefficient (Wildman–Crippen LogP) is 4.85. The van der Waals surface area contributed by atoms with E-state index in [0.29, 0.717) is 39.5 Å². The van der Waals surface area contributed by atoms with E-state index in [-0.39, 0.29) is 4.90 Å². The lowest BCUT2D eigenvalue weighted by Crippen LogP contribution is -2.11. The predicted molar refractivity (Wildman–Crippen MR) is 117 cm³/mol. The Kier molecular flexibility index (Phi) is 5.73. The first-order valence-electron chi connectivity index (χ1n) is 9.64. The summed E-state index contributed by atoms with van der Waals surface area (Å²) in [5.41, 5.74) is 2.92. The van der Waals surface area contributed by atoms with Gasteiger partial charge in [-0.05, 0) is 55.0 Å². The van der Waals surface area contributed by atoms with Crippen LogP contribution in [0.3, 0.4) is 0 Å². The van der Waals surface area contributed by atoms with E-state index in [1.807, 2.05) is 0 Å². The van der Waals surface area contributed by atoms with Crippen molar-refractivity contribution in [2.75, 3.05) is 0 Å². The molecule has 168 valence electrons. The average molecular weight is 470 g/mol. The second-order valence-corrected chi connectivity index (χ2v) is 8.85. The Balaban J connectivity index is 1.73. The number of hydrogen-bond acceptors (Lipinski definition) is 5. The number of sulfonamides is 1. The van der Waals surface area contributed by atoms with Crippen LogP contribution in [0.1, 0.15) is 11.4 Å². The molecular weight excluding hydrogens is 453 g/mol. The summed E-state index contributed by atoms with van der Waals surface area (Å²) >= 11 is 0. The Hall–Kier alpha value is -3.63. The Bertz CT molecular complexity index is 1440. The van der Waals surface area contributed by atoms with Crippen LogP contribution in [0.15, 0.2) is 77.8 Å². The molecule has 4 rings (SSSR count). The minimum atomic E-state index is -4.51. The van der Waals surface area contributed by atoms with Gasteiger partial charge in [0.2, 0.25) is 10.0 Å². The van der Waals surface area contributed by atoms with E-state index in [2.05, 4.69) is 15.0 Å². The van der Waals surface area contributed by atoms with Gasteiger partial charge in [0.1, 0.15) is 5.69 Å². The lowest BCUT2D eigenvalue weighted by atomic mass is 10.0. The highest BCUT2D eigenvalue weighted by atomic mass is 32.2. The summed E-state index contributed by atoms with van der Waals surface area (Å²) in [6.07, 6.45) is -3.34. The van der Waals surface area contributed by atoms with E-state index in [4.69, 9.17) is 5.14 Å². The van der Waals surface area contributed by atoms with E-state index < -0.39 is 21.9 Å². The fraction of sp³-hybridized carbons (Fsp3) is 0.0870. The molecule has 0 bridgehead atoms. The van der Waals surface area contributed by atoms with Crippen LogP contribution in [0.5, 0.6) is 0 Å². The number of nitrogens with two attached hydrogens (primary N) is 1. The molecule has 0 aliphatic rings. The lowest BCUT2D eigenvalue weighted by molar-refractivity contribution is -0.141. The standard InChI is InChI=1S/C23H17F3N4O2S/c1-14-10-17(16-8-9-22(28-13-16)23(24,25)26)12-21(29-14)20-7-3-6-19(30-20)15-4-2-5-18(11-15)33(27,31)32/h2-13H,1H3,(H2,27,31,32). The number of aromatic nitrogens is 3. The van der Waals surface area contributed by atoms with Crippen LogP contribution in [-0.2, 0) is 16.2 Å². The number of benzene rings is 1. The Labute approximate surface area is 188 Å². The number of hydrogen-bond donors (Lipinski definition) is 1. The molecule has 0 aliphatic heterocycles. The van der Waals surface area contributed by atoms with E-state index in [1.54, 1.807) is 49.4 Å². The SMILES string of the molecule is Cc1cc(-c2ccc(C(F)(F)F)nc2)cc(-c2cccc(-c3cccc(S(N)(=O)=O)c3)n2)n1. The van der Waals surface area contributed by atoms with Gasteiger partial charge in [0, 0.05) is 23.0 Å². The quantitative estimate of drug-likeness (QED) is 0.460. The molecule has 0 aliphatic carbocycles. The summed E-state index contributed by atoms with van der Waals surface area (Å²) in [6, 6.07) is 17.1. The number of nitrogens with zero attached hydrogens (tertiary/aromatic N) is 3. The molecule has 3 aromatic heterocycles. The summed E-state index contributed by atoms with van der Waals surface area (Å²) < 4.78 is 61.8. The number of alkyl halides is 3. The summed E-state index contributed by atoms with van der Waals surface area (Å²) in [5, 5.41) is 5.22. The van der Waals surface area contributed by atoms with Gasteiger partial charge in [-0.15, -0.1) is 0 Å². The number of aryl methyl sites for hydroxylation is 1. The summed E-state index contributed by atoms with van der Waals surface area (Å²) in [4.78, 5) is 12.6. The highest BCUT2D eigenvalue weighted by Gasteiger charge is 2.32. The van der Waals surface area contributed by atoms with Crippen molar-refractivity contribution < 1.29 is 21.6 Å². The van der Waals surface area contributed by atoms with Crippen LogP contribution in [0.4, 0.5) is 13.2 Å². The molecule has 0 unspecified atom stereocenters. The molecular formula is C23H17F3N4O2S. The fourth-order valence-corrected chi connectivity index (χ4v) is 3.83. The Morgan fingerprint density at radius 1 is 0.788 bits per heavy atom. The van der Waals surface area contributed by atoms with Gasteiger partial charge in [-0.3, -0.25) is 9.97 Å². The van der Waals surface area contributed by atoms with Gasteiger partial charge in [-0.1, -0.05) is 24.3 Å². The highest BCUT2D eigenvalue weighted by Crippen LogP contribution is 2.31. The smallest absolute Gasteiger partial charge is 0.251 e. The molecule has 1 aromatic carbocycles. The third-order valence-corrected chi connectivity index (χ3v) is 5.72. The van der Waals surface area contributed by atoms with Crippen LogP contribution in [-0.4, -0.2) is 23.4 Å². The maximum atomic E-state index is 12.8. The van der Waals surface area contributed by atoms with Gasteiger partial charge in [-0.2, -0.15) is 13.2 Å². The van der Waals surface area contributed by atoms with Crippen LogP contribution >= 0.6 is 0 Å². The maximum absolute atomic E-state index is 12.8. The van der Waals surface area contributed by atoms with Gasteiger partial charge in [0.05, 0.1) is 22.0 Å². The second-order valence-electron chi connectivity index (χ2n) is 7.29. The van der Waals surface area contributed by atoms with Crippen LogP contribution < -0.4 is 5.14 Å². The molecule has 0 radical (unpaired) electrons. The van der Waals surface area contributed by atoms with E-state index in [0.717, 1.165) is 6.07 Å². The molecule has 0 saturated carbocycles. The van der Waals surface area contributed by atoms with Crippen molar-refractivity contribution in [3.05, 3.63) is 84.3 Å². The number of primary sulfonamides is 1. The number of pyridine rings is 3. The number of halogens is 3. The van der Waals surface area contributed by atoms with Crippen molar-refractivity contribution in [3.8, 4) is 33.8 Å². The summed E-state index contributed by atoms with van der Waals surface area (Å²) in [7, 11) is -3.87. The van der Waals surface area contributed by atoms with E-state index >= 15 is 0 Å². The van der Waals surface area contributed by atoms with Crippen molar-refractivity contribution in [1.82, 2.24) is 15.0 Å². The maximum Gasteiger partial charge on any atom is 0.433 e. The molecule has 0 amide bonds. The van der Waals surface area contributed by atoms with Crippen molar-refractivity contribution in [2.45, 2.75) is 18.0 Å². The molecule has 2 N–H and O–H groups in total. The molecule has 4 aromatic rings. The first kappa shape index (κ1) is 22.6. The normalized spacial score (nSPS) is 12.0. The van der Waals surface area contributed by atoms with Crippen LogP contribution in [0.2, 0.25) is 0 Å². The first-order valence-corrected chi connectivity index (χ1v) is 11.2. The van der Waals surface area contributed by atoms with Crippen LogP contribution in [0, 0.1) is 6.92 Å². The molecule has 0 fully saturated rings. The fourth-order valence-electron chi connectivity index (χ4n) is 3.27. The molecule has 6 nitrogen and oxygen atoms in total. The van der Waals surface area contributed by atoms with Gasteiger partial charge in [0.25, 0.3) is 0 Å². The molecule has 10 heteroatoms. The van der Waals surface area contributed by atoms with Gasteiger partial charge >= 0.3 is 6.18 Å². The zero-order valence-electron chi connectivity index (χ0n) is 17.2. The lowest BCUT2D eigenvalue weighted by Gasteiger charge is -2.10. The molecule has 0 saturated heterocycles. The Morgan fingerprint density at radius 2 is 1.52 bits per heavy atom. The highest BCUT2D eigenvalue weighted by molar-refractivity contribution is 7.89. The third-order valence-electron chi connectivity index (χ3n) is 4.81. The third kappa shape index (κ3) is 5.07. The molecule has 0 atom stereocenters. The van der Waals surface area contributed by atoms with E-state index in [1.165, 1.54) is 24.4 Å². The average Bonchev–Trinajstić information content (AvgIpc) is 2.78.